The topological polar surface area (TPSA) is 57.4 Å². The average Bonchev–Trinajstić information content (AvgIpc) is 2.91. The zero-order valence-corrected chi connectivity index (χ0v) is 11.0. The molecule has 0 saturated carbocycles. The minimum atomic E-state index is 0.508. The van der Waals surface area contributed by atoms with Crippen LogP contribution in [0.5, 0.6) is 11.5 Å². The van der Waals surface area contributed by atoms with E-state index in [0.717, 1.165) is 32.0 Å². The van der Waals surface area contributed by atoms with Gasteiger partial charge in [0.25, 0.3) is 0 Å². The Morgan fingerprint density at radius 2 is 2.24 bits per heavy atom. The molecule has 2 aromatic rings. The van der Waals surface area contributed by atoms with Crippen LogP contribution in [0.4, 0.5) is 0 Å². The zero-order chi connectivity index (χ0) is 11.8. The molecular formula is C11H12N2O2S2. The predicted octanol–water partition coefficient (Wildman–Crippen LogP) is 2.41. The number of aromatic nitrogens is 1. The summed E-state index contributed by atoms with van der Waals surface area (Å²) in [6.07, 6.45) is 0. The number of fused-ring (bicyclic) bond motifs is 1. The van der Waals surface area contributed by atoms with Crippen molar-refractivity contribution in [3.8, 4) is 22.1 Å². The molecule has 1 aliphatic rings. The lowest BCUT2D eigenvalue weighted by atomic mass is 10.2. The van der Waals surface area contributed by atoms with E-state index in [1.807, 2.05) is 12.3 Å². The molecule has 3 rings (SSSR count). The number of aryl methyl sites for hydroxylation is 1. The number of thiophene rings is 1. The standard InChI is InChI=1S/C11H12N2O2S2/c1-6-13-9(8(4-12)17-6)11-10-7(5-16-11)14-2-3-15-10/h5H,2-4,12H2,1H3. The van der Waals surface area contributed by atoms with Crippen molar-refractivity contribution in [3.05, 3.63) is 15.3 Å². The Kier molecular flexibility index (Phi) is 2.78. The van der Waals surface area contributed by atoms with E-state index in [1.54, 1.807) is 22.7 Å². The summed E-state index contributed by atoms with van der Waals surface area (Å²) in [5, 5.41) is 3.00. The number of hydrogen-bond donors (Lipinski definition) is 1. The summed E-state index contributed by atoms with van der Waals surface area (Å²) in [5.41, 5.74) is 6.70. The second-order valence-electron chi connectivity index (χ2n) is 3.66. The fourth-order valence-corrected chi connectivity index (χ4v) is 3.64. The summed E-state index contributed by atoms with van der Waals surface area (Å²) in [7, 11) is 0. The summed E-state index contributed by atoms with van der Waals surface area (Å²) in [6.45, 7) is 3.71. The average molecular weight is 268 g/mol. The van der Waals surface area contributed by atoms with E-state index in [2.05, 4.69) is 4.98 Å². The van der Waals surface area contributed by atoms with Crippen LogP contribution in [0.25, 0.3) is 10.6 Å². The number of rotatable bonds is 2. The van der Waals surface area contributed by atoms with Crippen LogP contribution in [0.15, 0.2) is 5.38 Å². The first-order valence-electron chi connectivity index (χ1n) is 5.33. The van der Waals surface area contributed by atoms with Crippen LogP contribution in [-0.2, 0) is 6.54 Å². The van der Waals surface area contributed by atoms with Gasteiger partial charge in [0, 0.05) is 16.8 Å². The molecule has 6 heteroatoms. The second kappa shape index (κ2) is 4.29. The first-order chi connectivity index (χ1) is 8.29. The highest BCUT2D eigenvalue weighted by molar-refractivity contribution is 7.15. The van der Waals surface area contributed by atoms with Crippen molar-refractivity contribution in [1.82, 2.24) is 4.98 Å². The normalized spacial score (nSPS) is 14.0. The first kappa shape index (κ1) is 11.0. The Morgan fingerprint density at radius 1 is 1.41 bits per heavy atom. The largest absolute Gasteiger partial charge is 0.485 e. The molecule has 0 aliphatic carbocycles. The van der Waals surface area contributed by atoms with Crippen molar-refractivity contribution in [3.63, 3.8) is 0 Å². The van der Waals surface area contributed by atoms with Crippen LogP contribution >= 0.6 is 22.7 Å². The maximum absolute atomic E-state index is 5.75. The maximum Gasteiger partial charge on any atom is 0.181 e. The molecule has 0 atom stereocenters. The molecule has 0 fully saturated rings. The molecule has 0 saturated heterocycles. The molecule has 0 unspecified atom stereocenters. The lowest BCUT2D eigenvalue weighted by molar-refractivity contribution is 0.174. The molecule has 0 spiro atoms. The third kappa shape index (κ3) is 1.82. The van der Waals surface area contributed by atoms with E-state index in [4.69, 9.17) is 15.2 Å². The van der Waals surface area contributed by atoms with Crippen molar-refractivity contribution >= 4 is 22.7 Å². The van der Waals surface area contributed by atoms with Crippen LogP contribution in [0, 0.1) is 6.92 Å². The van der Waals surface area contributed by atoms with Gasteiger partial charge in [-0.15, -0.1) is 22.7 Å². The van der Waals surface area contributed by atoms with E-state index in [9.17, 15) is 0 Å². The van der Waals surface area contributed by atoms with Gasteiger partial charge < -0.3 is 15.2 Å². The molecule has 0 amide bonds. The quantitative estimate of drug-likeness (QED) is 0.908. The lowest BCUT2D eigenvalue weighted by Crippen LogP contribution is -2.14. The SMILES string of the molecule is Cc1nc(-c2scc3c2OCCO3)c(CN)s1. The minimum Gasteiger partial charge on any atom is -0.485 e. The third-order valence-corrected chi connectivity index (χ3v) is 4.45. The molecule has 0 aromatic carbocycles. The molecule has 0 radical (unpaired) electrons. The summed E-state index contributed by atoms with van der Waals surface area (Å²) < 4.78 is 11.2. The highest BCUT2D eigenvalue weighted by Gasteiger charge is 2.23. The van der Waals surface area contributed by atoms with Gasteiger partial charge in [-0.25, -0.2) is 4.98 Å². The Bertz CT molecular complexity index is 548. The fraction of sp³-hybridized carbons (Fsp3) is 0.364. The number of nitrogens with two attached hydrogens (primary N) is 1. The van der Waals surface area contributed by atoms with Crippen LogP contribution in [0.3, 0.4) is 0 Å². The Morgan fingerprint density at radius 3 is 3.06 bits per heavy atom. The fourth-order valence-electron chi connectivity index (χ4n) is 1.81. The molecular weight excluding hydrogens is 256 g/mol. The number of ether oxygens (including phenoxy) is 2. The number of thiazole rings is 1. The van der Waals surface area contributed by atoms with Gasteiger partial charge in [0.2, 0.25) is 0 Å². The van der Waals surface area contributed by atoms with E-state index in [0.29, 0.717) is 19.8 Å². The smallest absolute Gasteiger partial charge is 0.181 e. The number of nitrogens with zero attached hydrogens (tertiary/aromatic N) is 1. The van der Waals surface area contributed by atoms with Gasteiger partial charge in [-0.1, -0.05) is 0 Å². The molecule has 4 nitrogen and oxygen atoms in total. The Labute approximate surface area is 107 Å². The minimum absolute atomic E-state index is 0.508. The number of hydrogen-bond acceptors (Lipinski definition) is 6. The van der Waals surface area contributed by atoms with Crippen LogP contribution < -0.4 is 15.2 Å². The predicted molar refractivity (Wildman–Crippen MR) is 69.0 cm³/mol. The highest BCUT2D eigenvalue weighted by Crippen LogP contribution is 2.46. The van der Waals surface area contributed by atoms with E-state index in [1.165, 1.54) is 0 Å². The lowest BCUT2D eigenvalue weighted by Gasteiger charge is -2.15. The van der Waals surface area contributed by atoms with Gasteiger partial charge in [-0.2, -0.15) is 0 Å². The van der Waals surface area contributed by atoms with Crippen molar-refractivity contribution in [2.45, 2.75) is 13.5 Å². The van der Waals surface area contributed by atoms with Gasteiger partial charge in [0.1, 0.15) is 13.2 Å². The molecule has 17 heavy (non-hydrogen) atoms. The van der Waals surface area contributed by atoms with Gasteiger partial charge in [-0.05, 0) is 6.92 Å². The summed E-state index contributed by atoms with van der Waals surface area (Å²) >= 11 is 3.24. The van der Waals surface area contributed by atoms with Crippen molar-refractivity contribution in [2.24, 2.45) is 5.73 Å². The zero-order valence-electron chi connectivity index (χ0n) is 9.36. The second-order valence-corrected chi connectivity index (χ2v) is 5.83. The van der Waals surface area contributed by atoms with Crippen LogP contribution in [-0.4, -0.2) is 18.2 Å². The molecule has 90 valence electrons. The molecule has 2 aromatic heterocycles. The Hall–Kier alpha value is -1.11. The van der Waals surface area contributed by atoms with Crippen molar-refractivity contribution in [2.75, 3.05) is 13.2 Å². The Balaban J connectivity index is 2.11. The van der Waals surface area contributed by atoms with E-state index < -0.39 is 0 Å². The highest BCUT2D eigenvalue weighted by atomic mass is 32.1. The van der Waals surface area contributed by atoms with Gasteiger partial charge in [0.05, 0.1) is 15.6 Å². The first-order valence-corrected chi connectivity index (χ1v) is 7.03. The molecule has 0 bridgehead atoms. The molecule has 2 N–H and O–H groups in total. The van der Waals surface area contributed by atoms with Crippen molar-refractivity contribution < 1.29 is 9.47 Å². The van der Waals surface area contributed by atoms with E-state index in [-0.39, 0.29) is 0 Å². The van der Waals surface area contributed by atoms with Crippen LogP contribution in [0.1, 0.15) is 9.88 Å². The van der Waals surface area contributed by atoms with Crippen LogP contribution in [0.2, 0.25) is 0 Å². The van der Waals surface area contributed by atoms with Gasteiger partial charge >= 0.3 is 0 Å². The third-order valence-electron chi connectivity index (χ3n) is 2.51. The summed E-state index contributed by atoms with van der Waals surface area (Å²) in [6, 6.07) is 0. The molecule has 3 heterocycles. The maximum atomic E-state index is 5.75. The molecule has 1 aliphatic heterocycles. The van der Waals surface area contributed by atoms with Crippen molar-refractivity contribution in [1.29, 1.82) is 0 Å². The van der Waals surface area contributed by atoms with E-state index >= 15 is 0 Å². The monoisotopic (exact) mass is 268 g/mol. The summed E-state index contributed by atoms with van der Waals surface area (Å²) in [5.74, 6) is 1.64. The summed E-state index contributed by atoms with van der Waals surface area (Å²) in [4.78, 5) is 6.68. The van der Waals surface area contributed by atoms with Gasteiger partial charge in [0.15, 0.2) is 11.5 Å². The van der Waals surface area contributed by atoms with Gasteiger partial charge in [-0.3, -0.25) is 0 Å².